The van der Waals surface area contributed by atoms with Gasteiger partial charge in [-0.1, -0.05) is 23.2 Å². The summed E-state index contributed by atoms with van der Waals surface area (Å²) in [6.07, 6.45) is 1.43. The van der Waals surface area contributed by atoms with E-state index in [1.54, 1.807) is 30.3 Å². The number of ether oxygens (including phenoxy) is 2. The predicted molar refractivity (Wildman–Crippen MR) is 81.6 cm³/mol. The molecule has 0 bridgehead atoms. The molecule has 0 radical (unpaired) electrons. The lowest BCUT2D eigenvalue weighted by Crippen LogP contribution is -2.12. The van der Waals surface area contributed by atoms with E-state index in [4.69, 9.17) is 44.3 Å². The number of rotatable bonds is 5. The van der Waals surface area contributed by atoms with E-state index in [0.717, 1.165) is 5.75 Å². The number of aromatic nitrogens is 1. The summed E-state index contributed by atoms with van der Waals surface area (Å²) in [5.41, 5.74) is 0. The lowest BCUT2D eigenvalue weighted by molar-refractivity contribution is 0.245. The number of pyridine rings is 1. The monoisotopic (exact) mass is 331 g/mol. The Morgan fingerprint density at radius 2 is 1.80 bits per heavy atom. The van der Waals surface area contributed by atoms with E-state index >= 15 is 0 Å². The van der Waals surface area contributed by atoms with E-state index < -0.39 is 0 Å². The first-order valence-corrected chi connectivity index (χ1v) is 7.19. The third-order valence-corrected chi connectivity index (χ3v) is 3.28. The number of hydrogen-bond acceptors (Lipinski definition) is 3. The van der Waals surface area contributed by atoms with E-state index in [9.17, 15) is 0 Å². The highest BCUT2D eigenvalue weighted by Crippen LogP contribution is 2.29. The second-order valence-corrected chi connectivity index (χ2v) is 5.25. The van der Waals surface area contributed by atoms with Gasteiger partial charge in [0.1, 0.15) is 22.6 Å². The van der Waals surface area contributed by atoms with Crippen LogP contribution in [0.15, 0.2) is 36.5 Å². The van der Waals surface area contributed by atoms with E-state index in [2.05, 4.69) is 4.98 Å². The van der Waals surface area contributed by atoms with Crippen LogP contribution in [-0.4, -0.2) is 17.0 Å². The van der Waals surface area contributed by atoms with Gasteiger partial charge in [-0.3, -0.25) is 0 Å². The van der Waals surface area contributed by atoms with Crippen molar-refractivity contribution in [1.29, 1.82) is 0 Å². The van der Waals surface area contributed by atoms with Crippen LogP contribution < -0.4 is 9.47 Å². The SMILES string of the molecule is CC(CCl)Oc1ccc(Oc2ncc(Cl)cc2Cl)cc1. The Morgan fingerprint density at radius 3 is 2.40 bits per heavy atom. The molecular weight excluding hydrogens is 321 g/mol. The zero-order valence-electron chi connectivity index (χ0n) is 10.6. The minimum atomic E-state index is -0.0455. The molecule has 1 atom stereocenters. The highest BCUT2D eigenvalue weighted by molar-refractivity contribution is 6.35. The second-order valence-electron chi connectivity index (χ2n) is 4.10. The predicted octanol–water partition coefficient (Wildman–Crippen LogP) is 5.19. The Morgan fingerprint density at radius 1 is 1.15 bits per heavy atom. The Kier molecular flexibility index (Phi) is 5.35. The molecule has 0 spiro atoms. The van der Waals surface area contributed by atoms with Gasteiger partial charge in [0.15, 0.2) is 0 Å². The van der Waals surface area contributed by atoms with Crippen molar-refractivity contribution >= 4 is 34.8 Å². The van der Waals surface area contributed by atoms with Crippen LogP contribution in [0.1, 0.15) is 6.92 Å². The normalized spacial score (nSPS) is 12.0. The highest BCUT2D eigenvalue weighted by Gasteiger charge is 2.07. The molecule has 6 heteroatoms. The van der Waals surface area contributed by atoms with Crippen molar-refractivity contribution in [2.24, 2.45) is 0 Å². The fourth-order valence-corrected chi connectivity index (χ4v) is 1.92. The molecular formula is C14H12Cl3NO2. The fourth-order valence-electron chi connectivity index (χ4n) is 1.44. The number of benzene rings is 1. The summed E-state index contributed by atoms with van der Waals surface area (Å²) in [4.78, 5) is 4.02. The third kappa shape index (κ3) is 4.17. The van der Waals surface area contributed by atoms with E-state index in [-0.39, 0.29) is 6.10 Å². The van der Waals surface area contributed by atoms with Crippen LogP contribution in [0.4, 0.5) is 0 Å². The zero-order valence-corrected chi connectivity index (χ0v) is 12.9. The van der Waals surface area contributed by atoms with Crippen LogP contribution in [0.25, 0.3) is 0 Å². The number of nitrogens with zero attached hydrogens (tertiary/aromatic N) is 1. The molecule has 0 saturated heterocycles. The lowest BCUT2D eigenvalue weighted by atomic mass is 10.3. The van der Waals surface area contributed by atoms with Gasteiger partial charge < -0.3 is 9.47 Å². The van der Waals surface area contributed by atoms with Crippen molar-refractivity contribution in [3.05, 3.63) is 46.6 Å². The van der Waals surface area contributed by atoms with Crippen molar-refractivity contribution in [2.45, 2.75) is 13.0 Å². The molecule has 3 nitrogen and oxygen atoms in total. The first-order chi connectivity index (χ1) is 9.58. The molecule has 2 rings (SSSR count). The van der Waals surface area contributed by atoms with Gasteiger partial charge in [0.2, 0.25) is 5.88 Å². The first kappa shape index (κ1) is 15.2. The summed E-state index contributed by atoms with van der Waals surface area (Å²) in [5, 5.41) is 0.815. The second kappa shape index (κ2) is 7.02. The quantitative estimate of drug-likeness (QED) is 0.706. The summed E-state index contributed by atoms with van der Waals surface area (Å²) >= 11 is 17.4. The molecule has 2 aromatic rings. The molecule has 0 N–H and O–H groups in total. The molecule has 0 aliphatic heterocycles. The van der Waals surface area contributed by atoms with E-state index in [1.165, 1.54) is 6.20 Å². The molecule has 106 valence electrons. The molecule has 1 unspecified atom stereocenters. The molecule has 0 aliphatic rings. The maximum Gasteiger partial charge on any atom is 0.238 e. The minimum absolute atomic E-state index is 0.0455. The maximum atomic E-state index is 5.99. The van der Waals surface area contributed by atoms with Crippen molar-refractivity contribution in [3.63, 3.8) is 0 Å². The Bertz CT molecular complexity index is 575. The number of halogens is 3. The van der Waals surface area contributed by atoms with Crippen molar-refractivity contribution in [1.82, 2.24) is 4.98 Å². The molecule has 1 aromatic heterocycles. The summed E-state index contributed by atoms with van der Waals surface area (Å²) < 4.78 is 11.1. The third-order valence-electron chi connectivity index (χ3n) is 2.37. The van der Waals surface area contributed by atoms with Crippen molar-refractivity contribution < 1.29 is 9.47 Å². The first-order valence-electron chi connectivity index (χ1n) is 5.90. The molecule has 20 heavy (non-hydrogen) atoms. The average molecular weight is 333 g/mol. The Hall–Kier alpha value is -1.16. The molecule has 1 heterocycles. The largest absolute Gasteiger partial charge is 0.489 e. The highest BCUT2D eigenvalue weighted by atomic mass is 35.5. The smallest absolute Gasteiger partial charge is 0.238 e. The van der Waals surface area contributed by atoms with Crippen LogP contribution in [0.5, 0.6) is 17.4 Å². The fraction of sp³-hybridized carbons (Fsp3) is 0.214. The van der Waals surface area contributed by atoms with Crippen LogP contribution in [0.3, 0.4) is 0 Å². The van der Waals surface area contributed by atoms with Gasteiger partial charge >= 0.3 is 0 Å². The Labute approximate surface area is 132 Å². The molecule has 0 amide bonds. The standard InChI is InChI=1S/C14H12Cl3NO2/c1-9(7-15)19-11-2-4-12(5-3-11)20-14-13(17)6-10(16)8-18-14/h2-6,8-9H,7H2,1H3. The van der Waals surface area contributed by atoms with Gasteiger partial charge in [0.05, 0.1) is 10.9 Å². The van der Waals surface area contributed by atoms with Gasteiger partial charge in [0, 0.05) is 6.20 Å². The minimum Gasteiger partial charge on any atom is -0.489 e. The lowest BCUT2D eigenvalue weighted by Gasteiger charge is -2.12. The number of alkyl halides is 1. The van der Waals surface area contributed by atoms with Crippen LogP contribution in [0, 0.1) is 0 Å². The van der Waals surface area contributed by atoms with Gasteiger partial charge in [-0.15, -0.1) is 11.6 Å². The molecule has 0 fully saturated rings. The van der Waals surface area contributed by atoms with Gasteiger partial charge in [-0.25, -0.2) is 4.98 Å². The number of hydrogen-bond donors (Lipinski definition) is 0. The van der Waals surface area contributed by atoms with Crippen LogP contribution in [0.2, 0.25) is 10.0 Å². The van der Waals surface area contributed by atoms with Gasteiger partial charge in [-0.05, 0) is 37.3 Å². The van der Waals surface area contributed by atoms with E-state index in [0.29, 0.717) is 27.6 Å². The summed E-state index contributed by atoms with van der Waals surface area (Å²) in [6, 6.07) is 8.70. The van der Waals surface area contributed by atoms with Crippen molar-refractivity contribution in [2.75, 3.05) is 5.88 Å². The van der Waals surface area contributed by atoms with Crippen LogP contribution >= 0.6 is 34.8 Å². The van der Waals surface area contributed by atoms with Gasteiger partial charge in [0.25, 0.3) is 0 Å². The summed E-state index contributed by atoms with van der Waals surface area (Å²) in [5.74, 6) is 2.06. The summed E-state index contributed by atoms with van der Waals surface area (Å²) in [7, 11) is 0. The van der Waals surface area contributed by atoms with Crippen LogP contribution in [-0.2, 0) is 0 Å². The topological polar surface area (TPSA) is 31.4 Å². The van der Waals surface area contributed by atoms with E-state index in [1.807, 2.05) is 6.92 Å². The average Bonchev–Trinajstić information content (AvgIpc) is 2.44. The zero-order chi connectivity index (χ0) is 14.5. The maximum absolute atomic E-state index is 5.99. The molecule has 1 aromatic carbocycles. The molecule has 0 saturated carbocycles. The Balaban J connectivity index is 2.07. The molecule has 0 aliphatic carbocycles. The summed E-state index contributed by atoms with van der Waals surface area (Å²) in [6.45, 7) is 1.90. The van der Waals surface area contributed by atoms with Gasteiger partial charge in [-0.2, -0.15) is 0 Å². The van der Waals surface area contributed by atoms with Crippen molar-refractivity contribution in [3.8, 4) is 17.4 Å².